The van der Waals surface area contributed by atoms with Crippen LogP contribution in [0.15, 0.2) is 0 Å². The first kappa shape index (κ1) is 22.2. The number of rotatable bonds is 6. The van der Waals surface area contributed by atoms with E-state index in [0.29, 0.717) is 10.6 Å². The number of hydrogen-bond donors (Lipinski definition) is 1. The molecule has 28 heavy (non-hydrogen) atoms. The van der Waals surface area contributed by atoms with E-state index in [1.807, 2.05) is 6.92 Å². The van der Waals surface area contributed by atoms with Crippen molar-refractivity contribution in [3.63, 3.8) is 0 Å². The minimum absolute atomic E-state index is 0.0917. The third-order valence-electron chi connectivity index (χ3n) is 4.07. The molecule has 2 rings (SSSR count). The zero-order chi connectivity index (χ0) is 21.2. The van der Waals surface area contributed by atoms with Crippen LogP contribution in [0.5, 0.6) is 0 Å². The number of thiophene rings is 1. The second-order valence-corrected chi connectivity index (χ2v) is 7.58. The Kier molecular flexibility index (Phi) is 6.76. The van der Waals surface area contributed by atoms with Crippen LogP contribution in [0.1, 0.15) is 45.5 Å². The average molecular weight is 438 g/mol. The van der Waals surface area contributed by atoms with Crippen molar-refractivity contribution in [2.45, 2.75) is 46.8 Å². The molecule has 0 aliphatic rings. The van der Waals surface area contributed by atoms with Crippen LogP contribution >= 0.6 is 22.9 Å². The molecular weight excluding hydrogens is 419 g/mol. The van der Waals surface area contributed by atoms with E-state index < -0.39 is 28.8 Å². The minimum atomic E-state index is -4.67. The van der Waals surface area contributed by atoms with Crippen LogP contribution in [0.2, 0.25) is 5.02 Å². The van der Waals surface area contributed by atoms with Crippen molar-refractivity contribution in [1.29, 1.82) is 0 Å². The van der Waals surface area contributed by atoms with Crippen molar-refractivity contribution < 1.29 is 27.5 Å². The molecule has 2 heterocycles. The summed E-state index contributed by atoms with van der Waals surface area (Å²) in [6, 6.07) is 0. The number of halogens is 4. The zero-order valence-electron chi connectivity index (χ0n) is 15.7. The van der Waals surface area contributed by atoms with E-state index in [4.69, 9.17) is 16.3 Å². The first-order valence-corrected chi connectivity index (χ1v) is 9.53. The molecule has 11 heteroatoms. The maximum atomic E-state index is 12.9. The smallest absolute Gasteiger partial charge is 0.436 e. The molecule has 6 nitrogen and oxygen atoms in total. The molecule has 2 aromatic rings. The van der Waals surface area contributed by atoms with E-state index in [1.165, 1.54) is 18.3 Å². The Labute approximate surface area is 168 Å². The molecule has 0 atom stereocenters. The Bertz CT molecular complexity index is 906. The van der Waals surface area contributed by atoms with Crippen LogP contribution in [0.3, 0.4) is 0 Å². The fraction of sp³-hybridized carbons (Fsp3) is 0.471. The molecule has 0 saturated heterocycles. The molecule has 1 amide bonds. The van der Waals surface area contributed by atoms with Crippen molar-refractivity contribution >= 4 is 39.8 Å². The highest BCUT2D eigenvalue weighted by molar-refractivity contribution is 7.16. The highest BCUT2D eigenvalue weighted by Gasteiger charge is 2.38. The summed E-state index contributed by atoms with van der Waals surface area (Å²) in [6.45, 7) is 6.74. The minimum Gasteiger partial charge on any atom is -0.462 e. The largest absolute Gasteiger partial charge is 0.462 e. The summed E-state index contributed by atoms with van der Waals surface area (Å²) in [7, 11) is 0. The number of alkyl halides is 3. The molecule has 0 unspecified atom stereocenters. The normalized spacial score (nSPS) is 11.6. The number of nitrogens with one attached hydrogen (secondary N) is 1. The Morgan fingerprint density at radius 2 is 1.93 bits per heavy atom. The van der Waals surface area contributed by atoms with E-state index in [2.05, 4.69) is 10.4 Å². The lowest BCUT2D eigenvalue weighted by atomic mass is 10.1. The average Bonchev–Trinajstić information content (AvgIpc) is 3.03. The van der Waals surface area contributed by atoms with Crippen LogP contribution < -0.4 is 5.32 Å². The molecule has 0 saturated carbocycles. The zero-order valence-corrected chi connectivity index (χ0v) is 17.2. The van der Waals surface area contributed by atoms with Gasteiger partial charge in [-0.15, -0.1) is 11.3 Å². The molecule has 1 N–H and O–H groups in total. The van der Waals surface area contributed by atoms with E-state index >= 15 is 0 Å². The summed E-state index contributed by atoms with van der Waals surface area (Å²) in [5, 5.41) is 5.96. The van der Waals surface area contributed by atoms with Crippen LogP contribution in [0.4, 0.5) is 18.2 Å². The van der Waals surface area contributed by atoms with Gasteiger partial charge < -0.3 is 10.1 Å². The Morgan fingerprint density at radius 1 is 1.29 bits per heavy atom. The van der Waals surface area contributed by atoms with E-state index in [1.54, 1.807) is 13.8 Å². The number of amides is 1. The van der Waals surface area contributed by atoms with E-state index in [0.717, 1.165) is 9.56 Å². The monoisotopic (exact) mass is 437 g/mol. The summed E-state index contributed by atoms with van der Waals surface area (Å²) in [5.74, 6) is -1.00. The SMILES string of the molecule is CCOC(=O)c1c(NC(=O)CCn2nc(C(F)(F)F)c(Cl)c2C)sc(C)c1C. The third-order valence-corrected chi connectivity index (χ3v) is 5.65. The van der Waals surface area contributed by atoms with Gasteiger partial charge >= 0.3 is 12.1 Å². The second-order valence-electron chi connectivity index (χ2n) is 5.97. The van der Waals surface area contributed by atoms with Gasteiger partial charge in [0.05, 0.1) is 29.4 Å². The summed E-state index contributed by atoms with van der Waals surface area (Å²) >= 11 is 6.93. The number of carbonyl (C=O) groups is 2. The number of carbonyl (C=O) groups excluding carboxylic acids is 2. The lowest BCUT2D eigenvalue weighted by Gasteiger charge is -2.08. The van der Waals surface area contributed by atoms with Crippen molar-refractivity contribution in [3.8, 4) is 0 Å². The first-order chi connectivity index (χ1) is 13.0. The number of aromatic nitrogens is 2. The molecule has 0 bridgehead atoms. The number of ether oxygens (including phenoxy) is 1. The van der Waals surface area contributed by atoms with Crippen LogP contribution in [-0.4, -0.2) is 28.3 Å². The lowest BCUT2D eigenvalue weighted by molar-refractivity contribution is -0.141. The molecule has 0 radical (unpaired) electrons. The summed E-state index contributed by atoms with van der Waals surface area (Å²) < 4.78 is 44.7. The van der Waals surface area contributed by atoms with Crippen molar-refractivity contribution in [2.75, 3.05) is 11.9 Å². The predicted molar refractivity (Wildman–Crippen MR) is 100.0 cm³/mol. The second kappa shape index (κ2) is 8.52. The van der Waals surface area contributed by atoms with Gasteiger partial charge in [-0.2, -0.15) is 18.3 Å². The molecule has 2 aromatic heterocycles. The van der Waals surface area contributed by atoms with Gasteiger partial charge in [0.2, 0.25) is 5.91 Å². The van der Waals surface area contributed by atoms with Crippen molar-refractivity contribution in [2.24, 2.45) is 0 Å². The molecule has 0 aliphatic heterocycles. The summed E-state index contributed by atoms with van der Waals surface area (Å²) in [5.41, 5.74) is -0.0587. The van der Waals surface area contributed by atoms with Gasteiger partial charge in [0.1, 0.15) is 5.00 Å². The highest BCUT2D eigenvalue weighted by Crippen LogP contribution is 2.35. The van der Waals surface area contributed by atoms with E-state index in [-0.39, 0.29) is 30.8 Å². The number of nitrogens with zero attached hydrogens (tertiary/aromatic N) is 2. The van der Waals surface area contributed by atoms with Crippen molar-refractivity contribution in [1.82, 2.24) is 9.78 Å². The maximum absolute atomic E-state index is 12.9. The Morgan fingerprint density at radius 3 is 2.46 bits per heavy atom. The van der Waals surface area contributed by atoms with Gasteiger partial charge in [0.25, 0.3) is 0 Å². The summed E-state index contributed by atoms with van der Waals surface area (Å²) in [6.07, 6.45) is -4.82. The highest BCUT2D eigenvalue weighted by atomic mass is 35.5. The fourth-order valence-corrected chi connectivity index (χ4v) is 3.79. The topological polar surface area (TPSA) is 73.2 Å². The van der Waals surface area contributed by atoms with Crippen LogP contribution in [-0.2, 0) is 22.3 Å². The predicted octanol–water partition coefficient (Wildman–Crippen LogP) is 4.75. The van der Waals surface area contributed by atoms with E-state index in [9.17, 15) is 22.8 Å². The van der Waals surface area contributed by atoms with Gasteiger partial charge in [0, 0.05) is 11.3 Å². The van der Waals surface area contributed by atoms with Gasteiger partial charge in [-0.05, 0) is 33.3 Å². The molecule has 0 fully saturated rings. The fourth-order valence-electron chi connectivity index (χ4n) is 2.48. The van der Waals surface area contributed by atoms with Crippen LogP contribution in [0.25, 0.3) is 0 Å². The number of esters is 1. The van der Waals surface area contributed by atoms with Crippen molar-refractivity contribution in [3.05, 3.63) is 32.4 Å². The standard InChI is InChI=1S/C17H19ClF3N3O3S/c1-5-27-16(26)12-8(2)10(4)28-15(12)22-11(25)6-7-24-9(3)13(18)14(23-24)17(19,20)21/h5-7H2,1-4H3,(H,22,25). The van der Waals surface area contributed by atoms with Gasteiger partial charge in [-0.25, -0.2) is 4.79 Å². The molecule has 0 aromatic carbocycles. The van der Waals surface area contributed by atoms with Gasteiger partial charge in [0.15, 0.2) is 5.69 Å². The quantitative estimate of drug-likeness (QED) is 0.662. The van der Waals surface area contributed by atoms with Crippen LogP contribution in [0, 0.1) is 20.8 Å². The molecule has 0 spiro atoms. The molecule has 0 aliphatic carbocycles. The molecular formula is C17H19ClF3N3O3S. The Balaban J connectivity index is 2.12. The van der Waals surface area contributed by atoms with Gasteiger partial charge in [-0.3, -0.25) is 9.48 Å². The number of anilines is 1. The maximum Gasteiger partial charge on any atom is 0.436 e. The first-order valence-electron chi connectivity index (χ1n) is 8.34. The third kappa shape index (κ3) is 4.67. The Hall–Kier alpha value is -2.07. The summed E-state index contributed by atoms with van der Waals surface area (Å²) in [4.78, 5) is 25.3. The lowest BCUT2D eigenvalue weighted by Crippen LogP contribution is -2.17. The number of aryl methyl sites for hydroxylation is 2. The van der Waals surface area contributed by atoms with Gasteiger partial charge in [-0.1, -0.05) is 11.6 Å². The molecule has 154 valence electrons. The number of hydrogen-bond acceptors (Lipinski definition) is 5.